The predicted octanol–water partition coefficient (Wildman–Crippen LogP) is 6.85. The minimum absolute atomic E-state index is 0.203. The lowest BCUT2D eigenvalue weighted by Gasteiger charge is -2.19. The van der Waals surface area contributed by atoms with Crippen LogP contribution in [-0.2, 0) is 22.3 Å². The zero-order valence-corrected chi connectivity index (χ0v) is 27.3. The van der Waals surface area contributed by atoms with Crippen LogP contribution in [0.2, 0.25) is 0 Å². The van der Waals surface area contributed by atoms with Gasteiger partial charge in [0, 0.05) is 34.8 Å². The summed E-state index contributed by atoms with van der Waals surface area (Å²) < 4.78 is 11.1. The van der Waals surface area contributed by atoms with E-state index in [9.17, 15) is 9.59 Å². The number of terminal acetylenes is 1. The van der Waals surface area contributed by atoms with Crippen molar-refractivity contribution in [2.45, 2.75) is 92.3 Å². The van der Waals surface area contributed by atoms with Crippen molar-refractivity contribution < 1.29 is 19.1 Å². The van der Waals surface area contributed by atoms with Gasteiger partial charge in [-0.15, -0.1) is 6.42 Å². The van der Waals surface area contributed by atoms with E-state index in [0.717, 1.165) is 29.3 Å². The summed E-state index contributed by atoms with van der Waals surface area (Å²) in [7, 11) is 0. The van der Waals surface area contributed by atoms with Crippen molar-refractivity contribution in [2.24, 2.45) is 0 Å². The highest BCUT2D eigenvalue weighted by Gasteiger charge is 2.15. The van der Waals surface area contributed by atoms with Crippen molar-refractivity contribution in [3.05, 3.63) is 58.1 Å². The van der Waals surface area contributed by atoms with Crippen LogP contribution in [0.3, 0.4) is 0 Å². The molecule has 0 saturated carbocycles. The molecule has 2 amide bonds. The van der Waals surface area contributed by atoms with E-state index in [1.165, 1.54) is 17.5 Å². The second-order valence-corrected chi connectivity index (χ2v) is 11.6. The van der Waals surface area contributed by atoms with Gasteiger partial charge in [-0.2, -0.15) is 0 Å². The maximum absolute atomic E-state index is 11.4. The standard InChI is InChI=1S/C16H22N2O2.C8H10BrN.C8H13NO2/c1-5-7-13-9-11-17-12-14(13)8-6-10-18-15(19)20-16(2,3)4;1-2-3-7-4-5-10-6-8(7)9;1-5-6-9-7(10)11-8(2,3)4/h9,11-12H,5,7,10H2,1-4H3,(H,18,19);4-6H,2-3H2,1H3;1H,6H2,2-4H3,(H,9,10). The van der Waals surface area contributed by atoms with Gasteiger partial charge in [0.05, 0.1) is 13.1 Å². The molecule has 2 aromatic heterocycles. The first-order chi connectivity index (χ1) is 19.2. The Balaban J connectivity index is 0.000000643. The lowest BCUT2D eigenvalue weighted by molar-refractivity contribution is 0.0523. The summed E-state index contributed by atoms with van der Waals surface area (Å²) in [4.78, 5) is 30.3. The number of alkyl carbamates (subject to hydrolysis) is 2. The van der Waals surface area contributed by atoms with Crippen LogP contribution in [0.15, 0.2) is 41.4 Å². The van der Waals surface area contributed by atoms with Crippen molar-refractivity contribution in [3.8, 4) is 24.2 Å². The summed E-state index contributed by atoms with van der Waals surface area (Å²) in [6, 6.07) is 4.03. The summed E-state index contributed by atoms with van der Waals surface area (Å²) in [5, 5.41) is 5.00. The third kappa shape index (κ3) is 20.9. The Kier molecular flexibility index (Phi) is 18.6. The van der Waals surface area contributed by atoms with E-state index in [-0.39, 0.29) is 13.1 Å². The number of hydrogen-bond acceptors (Lipinski definition) is 6. The number of nitrogens with one attached hydrogen (secondary N) is 2. The van der Waals surface area contributed by atoms with Gasteiger partial charge in [0.2, 0.25) is 0 Å². The Morgan fingerprint density at radius 3 is 1.83 bits per heavy atom. The monoisotopic (exact) mass is 628 g/mol. The summed E-state index contributed by atoms with van der Waals surface area (Å²) in [5.74, 6) is 8.22. The highest BCUT2D eigenvalue weighted by Crippen LogP contribution is 2.15. The number of nitrogens with zero attached hydrogens (tertiary/aromatic N) is 2. The number of aromatic nitrogens is 2. The van der Waals surface area contributed by atoms with Gasteiger partial charge < -0.3 is 20.1 Å². The van der Waals surface area contributed by atoms with Crippen molar-refractivity contribution in [2.75, 3.05) is 13.1 Å². The summed E-state index contributed by atoms with van der Waals surface area (Å²) in [5.41, 5.74) is 2.50. The molecule has 8 nitrogen and oxygen atoms in total. The molecule has 41 heavy (non-hydrogen) atoms. The number of hydrogen-bond donors (Lipinski definition) is 2. The molecular formula is C32H45BrN4O4. The molecule has 224 valence electrons. The van der Waals surface area contributed by atoms with Crippen LogP contribution in [0.5, 0.6) is 0 Å². The molecule has 9 heteroatoms. The molecule has 0 aliphatic carbocycles. The number of pyridine rings is 2. The van der Waals surface area contributed by atoms with Crippen LogP contribution < -0.4 is 10.6 Å². The first kappa shape index (κ1) is 37.4. The number of carbonyl (C=O) groups is 2. The molecule has 2 rings (SSSR count). The van der Waals surface area contributed by atoms with Crippen LogP contribution in [0.4, 0.5) is 9.59 Å². The number of ether oxygens (including phenoxy) is 2. The molecule has 0 unspecified atom stereocenters. The van der Waals surface area contributed by atoms with Crippen LogP contribution >= 0.6 is 15.9 Å². The second kappa shape index (κ2) is 20.3. The van der Waals surface area contributed by atoms with Gasteiger partial charge in [-0.1, -0.05) is 44.5 Å². The van der Waals surface area contributed by atoms with Gasteiger partial charge in [-0.3, -0.25) is 9.97 Å². The van der Waals surface area contributed by atoms with E-state index in [0.29, 0.717) is 0 Å². The Labute approximate surface area is 254 Å². The van der Waals surface area contributed by atoms with Crippen molar-refractivity contribution in [1.82, 2.24) is 20.6 Å². The van der Waals surface area contributed by atoms with E-state index < -0.39 is 23.4 Å². The molecule has 2 aromatic rings. The lowest BCUT2D eigenvalue weighted by atomic mass is 10.1. The van der Waals surface area contributed by atoms with Gasteiger partial charge in [0.1, 0.15) is 11.2 Å². The quantitative estimate of drug-likeness (QED) is 0.339. The van der Waals surface area contributed by atoms with Gasteiger partial charge in [0.15, 0.2) is 0 Å². The van der Waals surface area contributed by atoms with E-state index in [1.807, 2.05) is 45.3 Å². The maximum atomic E-state index is 11.4. The Morgan fingerprint density at radius 1 is 0.854 bits per heavy atom. The Hall–Kier alpha value is -3.56. The van der Waals surface area contributed by atoms with Gasteiger partial charge in [-0.25, -0.2) is 9.59 Å². The number of aryl methyl sites for hydroxylation is 2. The van der Waals surface area contributed by atoms with Crippen LogP contribution in [0, 0.1) is 24.2 Å². The largest absolute Gasteiger partial charge is 0.444 e. The van der Waals surface area contributed by atoms with Crippen molar-refractivity contribution >= 4 is 28.1 Å². The third-order valence-electron chi connectivity index (χ3n) is 4.48. The molecule has 0 aliphatic heterocycles. The zero-order chi connectivity index (χ0) is 31.3. The summed E-state index contributed by atoms with van der Waals surface area (Å²) in [6.07, 6.45) is 15.5. The first-order valence-corrected chi connectivity index (χ1v) is 14.4. The summed E-state index contributed by atoms with van der Waals surface area (Å²) in [6.45, 7) is 15.6. The van der Waals surface area contributed by atoms with E-state index >= 15 is 0 Å². The highest BCUT2D eigenvalue weighted by atomic mass is 79.9. The fourth-order valence-corrected chi connectivity index (χ4v) is 3.36. The van der Waals surface area contributed by atoms with Crippen molar-refractivity contribution in [1.29, 1.82) is 0 Å². The molecule has 0 radical (unpaired) electrons. The molecule has 0 fully saturated rings. The number of rotatable bonds is 6. The Morgan fingerprint density at radius 2 is 1.34 bits per heavy atom. The minimum Gasteiger partial charge on any atom is -0.444 e. The third-order valence-corrected chi connectivity index (χ3v) is 5.20. The van der Waals surface area contributed by atoms with Gasteiger partial charge in [0.25, 0.3) is 0 Å². The summed E-state index contributed by atoms with van der Waals surface area (Å²) >= 11 is 3.43. The fraction of sp³-hybridized carbons (Fsp3) is 0.500. The average molecular weight is 630 g/mol. The number of carbonyl (C=O) groups excluding carboxylic acids is 2. The fourth-order valence-electron chi connectivity index (χ4n) is 2.91. The van der Waals surface area contributed by atoms with Gasteiger partial charge in [-0.05, 0) is 93.6 Å². The smallest absolute Gasteiger partial charge is 0.408 e. The SMILES string of the molecule is C#CCNC(=O)OC(C)(C)C.CCCc1ccncc1Br.CCCc1ccncc1C#CCNC(=O)OC(C)(C)C. The first-order valence-electron chi connectivity index (χ1n) is 13.6. The zero-order valence-electron chi connectivity index (χ0n) is 25.7. The van der Waals surface area contributed by atoms with Crippen LogP contribution in [-0.4, -0.2) is 46.4 Å². The minimum atomic E-state index is -0.491. The second-order valence-electron chi connectivity index (χ2n) is 10.7. The maximum Gasteiger partial charge on any atom is 0.408 e. The Bertz CT molecular complexity index is 1170. The molecule has 2 heterocycles. The molecule has 0 bridgehead atoms. The van der Waals surface area contributed by atoms with E-state index in [4.69, 9.17) is 15.9 Å². The van der Waals surface area contributed by atoms with Gasteiger partial charge >= 0.3 is 12.2 Å². The topological polar surface area (TPSA) is 102 Å². The molecular weight excluding hydrogens is 584 g/mol. The molecule has 0 spiro atoms. The molecule has 0 aromatic carbocycles. The molecule has 0 saturated heterocycles. The molecule has 2 N–H and O–H groups in total. The van der Waals surface area contributed by atoms with Crippen LogP contribution in [0.25, 0.3) is 0 Å². The normalized spacial score (nSPS) is 10.1. The number of halogens is 1. The lowest BCUT2D eigenvalue weighted by Crippen LogP contribution is -2.32. The predicted molar refractivity (Wildman–Crippen MR) is 168 cm³/mol. The van der Waals surface area contributed by atoms with E-state index in [1.54, 1.807) is 33.2 Å². The van der Waals surface area contributed by atoms with Crippen molar-refractivity contribution in [3.63, 3.8) is 0 Å². The highest BCUT2D eigenvalue weighted by molar-refractivity contribution is 9.10. The van der Waals surface area contributed by atoms with E-state index in [2.05, 4.69) is 68.1 Å². The number of amides is 2. The molecule has 0 atom stereocenters. The van der Waals surface area contributed by atoms with Crippen LogP contribution in [0.1, 0.15) is 84.9 Å². The average Bonchev–Trinajstić information content (AvgIpc) is 2.87. The molecule has 0 aliphatic rings.